The molecule has 0 aliphatic carbocycles. The topological polar surface area (TPSA) is 98.4 Å². The molecule has 1 fully saturated rings. The van der Waals surface area contributed by atoms with Gasteiger partial charge < -0.3 is 29.2 Å². The molecule has 1 amide bonds. The molecule has 1 aromatic carbocycles. The molecule has 9 heteroatoms. The highest BCUT2D eigenvalue weighted by molar-refractivity contribution is 5.86. The summed E-state index contributed by atoms with van der Waals surface area (Å²) in [5, 5.41) is 5.98. The predicted molar refractivity (Wildman–Crippen MR) is 104 cm³/mol. The zero-order valence-electron chi connectivity index (χ0n) is 16.7. The van der Waals surface area contributed by atoms with Crippen LogP contribution in [0.1, 0.15) is 19.8 Å². The molecule has 1 aromatic rings. The number of benzene rings is 1. The highest BCUT2D eigenvalue weighted by atomic mass is 16.6. The maximum absolute atomic E-state index is 12.1. The third kappa shape index (κ3) is 6.90. The van der Waals surface area contributed by atoms with Crippen LogP contribution < -0.4 is 24.8 Å². The molecule has 1 aliphatic heterocycles. The van der Waals surface area contributed by atoms with Crippen molar-refractivity contribution in [3.05, 3.63) is 12.1 Å². The van der Waals surface area contributed by atoms with Crippen LogP contribution in [-0.4, -0.2) is 70.5 Å². The number of carbonyl (C=O) groups excluding carboxylic acids is 2. The predicted octanol–water partition coefficient (Wildman–Crippen LogP) is 1.86. The summed E-state index contributed by atoms with van der Waals surface area (Å²) in [4.78, 5) is 25.7. The third-order valence-electron chi connectivity index (χ3n) is 4.23. The maximum Gasteiger partial charge on any atom is 0.411 e. The van der Waals surface area contributed by atoms with Crippen molar-refractivity contribution < 1.29 is 28.5 Å². The second-order valence-electron chi connectivity index (χ2n) is 6.36. The number of nitrogens with zero attached hydrogens (tertiary/aromatic N) is 1. The van der Waals surface area contributed by atoms with Crippen LogP contribution in [0.2, 0.25) is 0 Å². The Kier molecular flexibility index (Phi) is 8.83. The van der Waals surface area contributed by atoms with E-state index in [0.717, 1.165) is 45.6 Å². The van der Waals surface area contributed by atoms with Gasteiger partial charge in [0, 0.05) is 38.7 Å². The van der Waals surface area contributed by atoms with Gasteiger partial charge in [0.2, 0.25) is 5.75 Å². The SMILES string of the molecule is COc1cc(NC(=O)OCCCN2CCCNCC2)cc(OC(C)=O)c1OC. The van der Waals surface area contributed by atoms with Crippen LogP contribution in [-0.2, 0) is 9.53 Å². The van der Waals surface area contributed by atoms with Crippen LogP contribution in [0.15, 0.2) is 12.1 Å². The van der Waals surface area contributed by atoms with E-state index < -0.39 is 12.1 Å². The number of hydrogen-bond donors (Lipinski definition) is 2. The van der Waals surface area contributed by atoms with Crippen molar-refractivity contribution in [2.75, 3.05) is 58.9 Å². The quantitative estimate of drug-likeness (QED) is 0.391. The van der Waals surface area contributed by atoms with E-state index in [2.05, 4.69) is 15.5 Å². The molecule has 2 rings (SSSR count). The van der Waals surface area contributed by atoms with Crippen molar-refractivity contribution in [3.63, 3.8) is 0 Å². The van der Waals surface area contributed by atoms with Gasteiger partial charge in [-0.3, -0.25) is 10.1 Å². The summed E-state index contributed by atoms with van der Waals surface area (Å²) < 4.78 is 20.8. The van der Waals surface area contributed by atoms with Gasteiger partial charge in [0.1, 0.15) is 0 Å². The summed E-state index contributed by atoms with van der Waals surface area (Å²) in [5.74, 6) is 0.234. The Labute approximate surface area is 165 Å². The van der Waals surface area contributed by atoms with Crippen LogP contribution >= 0.6 is 0 Å². The number of hydrogen-bond acceptors (Lipinski definition) is 8. The van der Waals surface area contributed by atoms with Crippen molar-refractivity contribution in [2.45, 2.75) is 19.8 Å². The molecule has 156 valence electrons. The smallest absolute Gasteiger partial charge is 0.411 e. The standard InChI is InChI=1S/C19H29N3O6/c1-14(23)28-17-13-15(12-16(25-2)18(17)26-3)21-19(24)27-11-5-9-22-8-4-6-20-7-10-22/h12-13,20H,4-11H2,1-3H3,(H,21,24). The Balaban J connectivity index is 1.87. The molecule has 28 heavy (non-hydrogen) atoms. The van der Waals surface area contributed by atoms with E-state index in [9.17, 15) is 9.59 Å². The number of anilines is 1. The summed E-state index contributed by atoms with van der Waals surface area (Å²) in [7, 11) is 2.89. The summed E-state index contributed by atoms with van der Waals surface area (Å²) in [6, 6.07) is 3.05. The first-order chi connectivity index (χ1) is 13.5. The van der Waals surface area contributed by atoms with Crippen LogP contribution in [0.4, 0.5) is 10.5 Å². The lowest BCUT2D eigenvalue weighted by molar-refractivity contribution is -0.132. The minimum Gasteiger partial charge on any atom is -0.493 e. The second-order valence-corrected chi connectivity index (χ2v) is 6.36. The van der Waals surface area contributed by atoms with Crippen molar-refractivity contribution >= 4 is 17.7 Å². The third-order valence-corrected chi connectivity index (χ3v) is 4.23. The average molecular weight is 395 g/mol. The van der Waals surface area contributed by atoms with Crippen molar-refractivity contribution in [1.29, 1.82) is 0 Å². The van der Waals surface area contributed by atoms with Crippen LogP contribution in [0.3, 0.4) is 0 Å². The number of ether oxygens (including phenoxy) is 4. The van der Waals surface area contributed by atoms with Gasteiger partial charge in [0.15, 0.2) is 11.5 Å². The first kappa shape index (κ1) is 21.8. The molecule has 1 aliphatic rings. The molecule has 2 N–H and O–H groups in total. The maximum atomic E-state index is 12.1. The molecule has 9 nitrogen and oxygen atoms in total. The van der Waals surface area contributed by atoms with Gasteiger partial charge in [-0.2, -0.15) is 0 Å². The highest BCUT2D eigenvalue weighted by Crippen LogP contribution is 2.40. The van der Waals surface area contributed by atoms with E-state index in [1.807, 2.05) is 0 Å². The Bertz CT molecular complexity index is 659. The Hall–Kier alpha value is -2.52. The fourth-order valence-electron chi connectivity index (χ4n) is 2.96. The highest BCUT2D eigenvalue weighted by Gasteiger charge is 2.17. The number of rotatable bonds is 8. The van der Waals surface area contributed by atoms with Gasteiger partial charge in [0.25, 0.3) is 0 Å². The van der Waals surface area contributed by atoms with E-state index in [0.29, 0.717) is 18.0 Å². The zero-order valence-corrected chi connectivity index (χ0v) is 16.7. The molecule has 0 atom stereocenters. The Morgan fingerprint density at radius 2 is 1.93 bits per heavy atom. The molecule has 0 aromatic heterocycles. The second kappa shape index (κ2) is 11.4. The van der Waals surface area contributed by atoms with Gasteiger partial charge >= 0.3 is 12.1 Å². The first-order valence-electron chi connectivity index (χ1n) is 9.34. The van der Waals surface area contributed by atoms with Gasteiger partial charge in [-0.15, -0.1) is 0 Å². The molecular weight excluding hydrogens is 366 g/mol. The number of amides is 1. The fraction of sp³-hybridized carbons (Fsp3) is 0.579. The van der Waals surface area contributed by atoms with E-state index in [1.54, 1.807) is 6.07 Å². The molecule has 0 spiro atoms. The molecule has 0 radical (unpaired) electrons. The van der Waals surface area contributed by atoms with Gasteiger partial charge in [-0.05, 0) is 25.9 Å². The molecule has 0 saturated carbocycles. The number of nitrogens with one attached hydrogen (secondary N) is 2. The summed E-state index contributed by atoms with van der Waals surface area (Å²) in [6.07, 6.45) is 1.31. The van der Waals surface area contributed by atoms with E-state index in [4.69, 9.17) is 18.9 Å². The minimum atomic E-state index is -0.585. The van der Waals surface area contributed by atoms with E-state index in [-0.39, 0.29) is 11.5 Å². The molecule has 1 heterocycles. The monoisotopic (exact) mass is 395 g/mol. The van der Waals surface area contributed by atoms with Gasteiger partial charge in [-0.25, -0.2) is 4.79 Å². The summed E-state index contributed by atoms with van der Waals surface area (Å²) in [5.41, 5.74) is 0.373. The lowest BCUT2D eigenvalue weighted by Crippen LogP contribution is -2.30. The number of carbonyl (C=O) groups is 2. The average Bonchev–Trinajstić information content (AvgIpc) is 2.93. The normalized spacial score (nSPS) is 14.7. The number of esters is 1. The minimum absolute atomic E-state index is 0.152. The van der Waals surface area contributed by atoms with E-state index in [1.165, 1.54) is 27.2 Å². The van der Waals surface area contributed by atoms with Crippen LogP contribution in [0.5, 0.6) is 17.2 Å². The van der Waals surface area contributed by atoms with E-state index >= 15 is 0 Å². The van der Waals surface area contributed by atoms with Crippen molar-refractivity contribution in [2.24, 2.45) is 0 Å². The first-order valence-corrected chi connectivity index (χ1v) is 9.34. The molecular formula is C19H29N3O6. The number of methoxy groups -OCH3 is 2. The summed E-state index contributed by atoms with van der Waals surface area (Å²) in [6.45, 7) is 6.60. The van der Waals surface area contributed by atoms with Crippen LogP contribution in [0, 0.1) is 0 Å². The van der Waals surface area contributed by atoms with Crippen LogP contribution in [0.25, 0.3) is 0 Å². The lowest BCUT2D eigenvalue weighted by atomic mass is 10.2. The van der Waals surface area contributed by atoms with Crippen molar-refractivity contribution in [1.82, 2.24) is 10.2 Å². The Morgan fingerprint density at radius 1 is 1.14 bits per heavy atom. The summed E-state index contributed by atoms with van der Waals surface area (Å²) >= 11 is 0. The zero-order chi connectivity index (χ0) is 20.4. The largest absolute Gasteiger partial charge is 0.493 e. The van der Waals surface area contributed by atoms with Gasteiger partial charge in [0.05, 0.1) is 26.5 Å². The molecule has 0 unspecified atom stereocenters. The molecule has 0 bridgehead atoms. The van der Waals surface area contributed by atoms with Crippen molar-refractivity contribution in [3.8, 4) is 17.2 Å². The lowest BCUT2D eigenvalue weighted by Gasteiger charge is -2.19. The molecule has 1 saturated heterocycles. The van der Waals surface area contributed by atoms with Gasteiger partial charge in [-0.1, -0.05) is 0 Å². The Morgan fingerprint density at radius 3 is 2.64 bits per heavy atom. The fourth-order valence-corrected chi connectivity index (χ4v) is 2.96.